The number of phenolic OH excluding ortho intramolecular Hbond substituents is 1. The van der Waals surface area contributed by atoms with Crippen LogP contribution in [0, 0.1) is 11.8 Å². The van der Waals surface area contributed by atoms with Crippen LogP contribution in [-0.4, -0.2) is 67.1 Å². The molecule has 1 saturated heterocycles. The molecule has 1 fully saturated rings. The number of fused-ring (bicyclic) bond motifs is 2. The fourth-order valence-electron chi connectivity index (χ4n) is 4.45. The third kappa shape index (κ3) is 9.69. The second-order valence-corrected chi connectivity index (χ2v) is 12.2. The molecule has 1 amide bonds. The molecule has 236 valence electrons. The molecule has 0 radical (unpaired) electrons. The Morgan fingerprint density at radius 3 is 2.40 bits per heavy atom. The fraction of sp³-hybridized carbons (Fsp3) is 0.613. The van der Waals surface area contributed by atoms with E-state index in [4.69, 9.17) is 30.5 Å². The summed E-state index contributed by atoms with van der Waals surface area (Å²) in [6.07, 6.45) is 2.96. The van der Waals surface area contributed by atoms with E-state index in [0.29, 0.717) is 23.7 Å². The maximum absolute atomic E-state index is 15.2. The summed E-state index contributed by atoms with van der Waals surface area (Å²) in [5.74, 6) is -3.39. The van der Waals surface area contributed by atoms with Crippen molar-refractivity contribution in [3.63, 3.8) is 0 Å². The van der Waals surface area contributed by atoms with Crippen LogP contribution in [0.4, 0.5) is 14.9 Å². The average Bonchev–Trinajstić information content (AvgIpc) is 3.19. The van der Waals surface area contributed by atoms with Gasteiger partial charge >= 0.3 is 12.1 Å². The molecule has 0 saturated carbocycles. The van der Waals surface area contributed by atoms with Gasteiger partial charge in [-0.2, -0.15) is 0 Å². The number of nitrogens with zero attached hydrogens (tertiary/aromatic N) is 1. The molecule has 0 bridgehead atoms. The number of rotatable bonds is 2. The first-order valence-electron chi connectivity index (χ1n) is 13.9. The van der Waals surface area contributed by atoms with Crippen molar-refractivity contribution in [2.75, 3.05) is 25.1 Å². The minimum absolute atomic E-state index is 0.0583. The number of ether oxygens (including phenoxy) is 5. The Labute approximate surface area is 253 Å². The Morgan fingerprint density at radius 1 is 1.21 bits per heavy atom. The second kappa shape index (κ2) is 14.7. The van der Waals surface area contributed by atoms with E-state index in [-0.39, 0.29) is 17.1 Å². The molecular formula is C31H45ClFNO8. The van der Waals surface area contributed by atoms with E-state index in [1.807, 2.05) is 0 Å². The number of methoxy groups -OCH3 is 1. The van der Waals surface area contributed by atoms with Gasteiger partial charge in [0.25, 0.3) is 0 Å². The van der Waals surface area contributed by atoms with Crippen molar-refractivity contribution in [2.45, 2.75) is 91.5 Å². The van der Waals surface area contributed by atoms with Crippen molar-refractivity contribution in [1.82, 2.24) is 0 Å². The fourth-order valence-corrected chi connectivity index (χ4v) is 4.45. The van der Waals surface area contributed by atoms with Crippen LogP contribution in [-0.2, 0) is 23.7 Å². The number of cyclic esters (lactones) is 1. The van der Waals surface area contributed by atoms with Crippen molar-refractivity contribution in [3.8, 4) is 5.75 Å². The van der Waals surface area contributed by atoms with E-state index >= 15 is 4.39 Å². The average molecular weight is 614 g/mol. The predicted molar refractivity (Wildman–Crippen MR) is 160 cm³/mol. The number of benzene rings is 1. The molecule has 0 aliphatic carbocycles. The predicted octanol–water partition coefficient (Wildman–Crippen LogP) is 7.20. The number of anilines is 1. The van der Waals surface area contributed by atoms with E-state index < -0.39 is 53.6 Å². The zero-order chi connectivity index (χ0) is 32.0. The highest BCUT2D eigenvalue weighted by molar-refractivity contribution is 6.17. The number of alkyl halides is 1. The number of aromatic hydroxyl groups is 1. The first kappa shape index (κ1) is 35.5. The highest BCUT2D eigenvalue weighted by Crippen LogP contribution is 2.38. The number of esters is 1. The van der Waals surface area contributed by atoms with Crippen LogP contribution in [0.5, 0.6) is 5.75 Å². The molecule has 2 heterocycles. The molecule has 2 aliphatic heterocycles. The van der Waals surface area contributed by atoms with Crippen LogP contribution in [0.25, 0.3) is 6.08 Å². The molecule has 42 heavy (non-hydrogen) atoms. The number of halogens is 2. The summed E-state index contributed by atoms with van der Waals surface area (Å²) in [7, 11) is 3.07. The Morgan fingerprint density at radius 2 is 1.83 bits per heavy atom. The maximum atomic E-state index is 15.2. The van der Waals surface area contributed by atoms with Crippen LogP contribution in [0.15, 0.2) is 30.1 Å². The first-order valence-corrected chi connectivity index (χ1v) is 14.4. The summed E-state index contributed by atoms with van der Waals surface area (Å²) in [4.78, 5) is 27.1. The van der Waals surface area contributed by atoms with Gasteiger partial charge in [-0.1, -0.05) is 37.6 Å². The lowest BCUT2D eigenvalue weighted by Gasteiger charge is -2.26. The van der Waals surface area contributed by atoms with Gasteiger partial charge in [-0.15, -0.1) is 0 Å². The maximum Gasteiger partial charge on any atom is 0.414 e. The molecule has 9 nitrogen and oxygen atoms in total. The summed E-state index contributed by atoms with van der Waals surface area (Å²) in [6, 6.07) is 3.20. The highest BCUT2D eigenvalue weighted by atomic mass is 35.5. The van der Waals surface area contributed by atoms with Crippen molar-refractivity contribution in [1.29, 1.82) is 0 Å². The van der Waals surface area contributed by atoms with Gasteiger partial charge in [0.1, 0.15) is 34.9 Å². The van der Waals surface area contributed by atoms with E-state index in [1.54, 1.807) is 80.7 Å². The molecule has 2 aliphatic rings. The lowest BCUT2D eigenvalue weighted by molar-refractivity contribution is -0.149. The quantitative estimate of drug-likeness (QED) is 0.276. The highest BCUT2D eigenvalue weighted by Gasteiger charge is 2.44. The van der Waals surface area contributed by atoms with E-state index in [2.05, 4.69) is 4.74 Å². The molecular weight excluding hydrogens is 569 g/mol. The van der Waals surface area contributed by atoms with Gasteiger partial charge in [-0.25, -0.2) is 14.0 Å². The van der Waals surface area contributed by atoms with E-state index in [1.165, 1.54) is 24.1 Å². The number of carbonyl (C=O) groups is 2. The summed E-state index contributed by atoms with van der Waals surface area (Å²) < 4.78 is 42.7. The number of carbonyl (C=O) groups excluding carboxylic acids is 2. The summed E-state index contributed by atoms with van der Waals surface area (Å²) in [5, 5.41) is 10.9. The van der Waals surface area contributed by atoms with Crippen LogP contribution in [0.3, 0.4) is 0 Å². The summed E-state index contributed by atoms with van der Waals surface area (Å²) >= 11 is 4.96. The zero-order valence-electron chi connectivity index (χ0n) is 26.2. The van der Waals surface area contributed by atoms with Gasteiger partial charge in [-0.3, -0.25) is 4.90 Å². The Kier molecular flexibility index (Phi) is 12.4. The van der Waals surface area contributed by atoms with E-state index in [0.717, 1.165) is 0 Å². The molecule has 0 unspecified atom stereocenters. The lowest BCUT2D eigenvalue weighted by atomic mass is 9.93. The molecule has 11 heteroatoms. The Balaban J connectivity index is 0.00000144. The molecule has 0 aromatic heterocycles. The lowest BCUT2D eigenvalue weighted by Crippen LogP contribution is -2.34. The van der Waals surface area contributed by atoms with Crippen LogP contribution >= 0.6 is 11.6 Å². The van der Waals surface area contributed by atoms with Crippen LogP contribution < -0.4 is 4.90 Å². The number of hydrogen-bond donors (Lipinski definition) is 1. The molecule has 5 atom stereocenters. The smallest absolute Gasteiger partial charge is 0.414 e. The minimum Gasteiger partial charge on any atom is -0.507 e. The monoisotopic (exact) mass is 613 g/mol. The van der Waals surface area contributed by atoms with Crippen LogP contribution in [0.1, 0.15) is 77.7 Å². The zero-order valence-corrected chi connectivity index (χ0v) is 27.0. The van der Waals surface area contributed by atoms with Gasteiger partial charge in [0.15, 0.2) is 5.79 Å². The first-order chi connectivity index (χ1) is 19.4. The number of hydrogen-bond acceptors (Lipinski definition) is 8. The Bertz CT molecular complexity index is 1160. The van der Waals surface area contributed by atoms with Gasteiger partial charge < -0.3 is 28.8 Å². The minimum atomic E-state index is -0.886. The number of amides is 1. The SMILES string of the molecule is COCCl.C[C@@H]1/C=C(/F)[C@@H](C)[C@H]2OC(C)(C)O[C@H]2C/C=C/c2cc(N(C)C(=O)OC(C)(C)C)cc(O)c2C(=O)O[C@H]1C. The van der Waals surface area contributed by atoms with Gasteiger partial charge in [0, 0.05) is 32.1 Å². The van der Waals surface area contributed by atoms with Crippen molar-refractivity contribution in [2.24, 2.45) is 11.8 Å². The molecule has 0 spiro atoms. The normalized spacial score (nSPS) is 28.0. The van der Waals surface area contributed by atoms with Crippen molar-refractivity contribution in [3.05, 3.63) is 41.2 Å². The topological polar surface area (TPSA) is 104 Å². The standard InChI is InChI=1S/C29H40FNO7.C2H5ClO/c1-16-13-21(30)17(2)25-23(36-29(7,8)37-25)12-10-11-19-14-20(31(9)27(34)38-28(4,5)6)15-22(32)24(19)26(33)35-18(16)3;1-4-2-3/h10-11,13-18,23,25,32H,12H2,1-9H3;2H2,1H3/b11-10+,21-13+;/t16-,17-,18+,23+,25-;/m1./s1. The third-order valence-electron chi connectivity index (χ3n) is 6.77. The number of phenols is 1. The second-order valence-electron chi connectivity index (χ2n) is 12.0. The molecule has 1 aromatic carbocycles. The molecule has 1 N–H and O–H groups in total. The van der Waals surface area contributed by atoms with Crippen molar-refractivity contribution < 1.29 is 42.8 Å². The van der Waals surface area contributed by atoms with Gasteiger partial charge in [-0.05, 0) is 65.7 Å². The Hall–Kier alpha value is -2.66. The molecule has 1 aromatic rings. The van der Waals surface area contributed by atoms with Gasteiger partial charge in [0.05, 0.1) is 17.9 Å². The largest absolute Gasteiger partial charge is 0.507 e. The van der Waals surface area contributed by atoms with Crippen LogP contribution in [0.2, 0.25) is 0 Å². The summed E-state index contributed by atoms with van der Waals surface area (Å²) in [5.41, 5.74) is -0.0940. The van der Waals surface area contributed by atoms with Gasteiger partial charge in [0.2, 0.25) is 0 Å². The molecule has 3 rings (SSSR count). The third-order valence-corrected chi connectivity index (χ3v) is 6.99. The van der Waals surface area contributed by atoms with Crippen molar-refractivity contribution >= 4 is 35.4 Å². The summed E-state index contributed by atoms with van der Waals surface area (Å²) in [6.45, 7) is 14.0. The van der Waals surface area contributed by atoms with E-state index in [9.17, 15) is 14.7 Å².